The summed E-state index contributed by atoms with van der Waals surface area (Å²) >= 11 is 0. The van der Waals surface area contributed by atoms with Crippen molar-refractivity contribution in [3.05, 3.63) is 24.3 Å². The molecule has 10 heteroatoms. The van der Waals surface area contributed by atoms with Gasteiger partial charge in [0.1, 0.15) is 30.5 Å². The van der Waals surface area contributed by atoms with Crippen molar-refractivity contribution in [1.82, 2.24) is 5.32 Å². The fraction of sp³-hybridized carbons (Fsp3) is 0.894. The van der Waals surface area contributed by atoms with Crippen LogP contribution >= 0.6 is 0 Å². The molecular formula is C47H89NO9. The van der Waals surface area contributed by atoms with Crippen LogP contribution in [0.5, 0.6) is 0 Å². The van der Waals surface area contributed by atoms with E-state index >= 15 is 0 Å². The van der Waals surface area contributed by atoms with E-state index in [1.807, 2.05) is 12.2 Å². The Morgan fingerprint density at radius 2 is 1.11 bits per heavy atom. The Kier molecular flexibility index (Phi) is 34.3. The highest BCUT2D eigenvalue weighted by Crippen LogP contribution is 2.23. The van der Waals surface area contributed by atoms with Gasteiger partial charge in [-0.3, -0.25) is 4.79 Å². The molecule has 1 saturated heterocycles. The number of carbonyl (C=O) groups excluding carboxylic acids is 1. The van der Waals surface area contributed by atoms with Crippen LogP contribution in [0.25, 0.3) is 0 Å². The summed E-state index contributed by atoms with van der Waals surface area (Å²) in [6.45, 7) is 5.88. The lowest BCUT2D eigenvalue weighted by molar-refractivity contribution is -0.302. The van der Waals surface area contributed by atoms with Gasteiger partial charge in [0.2, 0.25) is 5.91 Å². The molecule has 7 N–H and O–H groups in total. The second kappa shape index (κ2) is 36.5. The lowest BCUT2D eigenvalue weighted by Crippen LogP contribution is -2.60. The summed E-state index contributed by atoms with van der Waals surface area (Å²) in [5, 5.41) is 64.5. The summed E-state index contributed by atoms with van der Waals surface area (Å²) in [5.41, 5.74) is 0. The second-order valence-corrected chi connectivity index (χ2v) is 17.2. The summed E-state index contributed by atoms with van der Waals surface area (Å²) in [6.07, 6.45) is 31.5. The van der Waals surface area contributed by atoms with Crippen molar-refractivity contribution in [3.63, 3.8) is 0 Å². The van der Waals surface area contributed by atoms with Crippen LogP contribution in [0.15, 0.2) is 24.3 Å². The van der Waals surface area contributed by atoms with E-state index in [-0.39, 0.29) is 13.0 Å². The summed E-state index contributed by atoms with van der Waals surface area (Å²) in [7, 11) is 0. The number of allylic oxidation sites excluding steroid dienone is 3. The van der Waals surface area contributed by atoms with Gasteiger partial charge in [-0.2, -0.15) is 0 Å². The van der Waals surface area contributed by atoms with Crippen molar-refractivity contribution in [2.24, 2.45) is 5.92 Å². The maximum absolute atomic E-state index is 13.0. The molecule has 0 unspecified atom stereocenters. The third kappa shape index (κ3) is 27.9. The molecule has 1 amide bonds. The summed E-state index contributed by atoms with van der Waals surface area (Å²) < 4.78 is 11.1. The monoisotopic (exact) mass is 812 g/mol. The Balaban J connectivity index is 2.39. The van der Waals surface area contributed by atoms with Gasteiger partial charge in [0.15, 0.2) is 6.29 Å². The molecule has 1 fully saturated rings. The van der Waals surface area contributed by atoms with Crippen LogP contribution in [0, 0.1) is 5.92 Å². The standard InChI is InChI=1S/C47H89NO9/c1-4-5-6-7-8-9-10-11-12-13-14-15-16-17-18-19-22-26-29-32-35-41(51)46(55)48-39(37-56-47-45(54)44(53)43(52)42(36-49)57-47)40(50)34-31-28-25-23-20-21-24-27-30-33-38(2)3/h26,29,31,34,38-45,47,49-54H,4-25,27-28,30,32-33,35-37H2,1-3H3,(H,48,55)/b29-26?,34-31+/t39-,40+,41+,42+,43+,44-,45+,47+/m0/s1. The van der Waals surface area contributed by atoms with Gasteiger partial charge in [-0.15, -0.1) is 0 Å². The van der Waals surface area contributed by atoms with Gasteiger partial charge < -0.3 is 45.4 Å². The maximum atomic E-state index is 13.0. The first-order chi connectivity index (χ1) is 27.6. The van der Waals surface area contributed by atoms with Gasteiger partial charge in [0.05, 0.1) is 25.4 Å². The van der Waals surface area contributed by atoms with Gasteiger partial charge in [0.25, 0.3) is 0 Å². The molecule has 0 bridgehead atoms. The molecule has 0 spiro atoms. The lowest BCUT2D eigenvalue weighted by atomic mass is 9.99. The van der Waals surface area contributed by atoms with Crippen LogP contribution in [-0.4, -0.2) is 98.7 Å². The van der Waals surface area contributed by atoms with Crippen LogP contribution in [0.1, 0.15) is 201 Å². The van der Waals surface area contributed by atoms with Crippen LogP contribution in [0.3, 0.4) is 0 Å². The van der Waals surface area contributed by atoms with E-state index < -0.39 is 61.5 Å². The Hall–Kier alpha value is -1.37. The minimum Gasteiger partial charge on any atom is -0.394 e. The average molecular weight is 812 g/mol. The van der Waals surface area contributed by atoms with E-state index in [1.165, 1.54) is 135 Å². The number of nitrogens with one attached hydrogen (secondary N) is 1. The molecular weight excluding hydrogens is 723 g/mol. The highest BCUT2D eigenvalue weighted by molar-refractivity contribution is 5.80. The SMILES string of the molecule is CCCCCCCCCCCCCCCCCCC=CCC[C@@H](O)C(=O)N[C@@H](CO[C@@H]1O[C@H](CO)[C@@H](O)[C@H](O)[C@H]1O)[C@H](O)/C=C/CCCCCCCCCC(C)C. The van der Waals surface area contributed by atoms with Crippen molar-refractivity contribution >= 4 is 5.91 Å². The topological polar surface area (TPSA) is 169 Å². The fourth-order valence-corrected chi connectivity index (χ4v) is 7.41. The molecule has 0 saturated carbocycles. The number of carbonyl (C=O) groups is 1. The lowest BCUT2D eigenvalue weighted by Gasteiger charge is -2.40. The number of rotatable bonds is 38. The third-order valence-electron chi connectivity index (χ3n) is 11.3. The van der Waals surface area contributed by atoms with Crippen molar-refractivity contribution in [2.45, 2.75) is 250 Å². The first kappa shape index (κ1) is 53.6. The molecule has 0 aliphatic carbocycles. The first-order valence-electron chi connectivity index (χ1n) is 23.5. The Labute approximate surface area is 348 Å². The zero-order chi connectivity index (χ0) is 41.9. The molecule has 1 rings (SSSR count). The number of aliphatic hydroxyl groups is 6. The molecule has 57 heavy (non-hydrogen) atoms. The largest absolute Gasteiger partial charge is 0.394 e. The quantitative estimate of drug-likeness (QED) is 0.0238. The van der Waals surface area contributed by atoms with Gasteiger partial charge in [-0.1, -0.05) is 186 Å². The van der Waals surface area contributed by atoms with E-state index in [4.69, 9.17) is 9.47 Å². The minimum absolute atomic E-state index is 0.227. The zero-order valence-electron chi connectivity index (χ0n) is 36.6. The van der Waals surface area contributed by atoms with Gasteiger partial charge in [-0.25, -0.2) is 0 Å². The average Bonchev–Trinajstić information content (AvgIpc) is 3.20. The van der Waals surface area contributed by atoms with E-state index in [0.717, 1.165) is 38.0 Å². The van der Waals surface area contributed by atoms with E-state index in [9.17, 15) is 35.4 Å². The van der Waals surface area contributed by atoms with Gasteiger partial charge >= 0.3 is 0 Å². The normalized spacial score (nSPS) is 21.8. The van der Waals surface area contributed by atoms with E-state index in [1.54, 1.807) is 6.08 Å². The van der Waals surface area contributed by atoms with Crippen LogP contribution < -0.4 is 5.32 Å². The highest BCUT2D eigenvalue weighted by Gasteiger charge is 2.44. The Bertz CT molecular complexity index is 977. The molecule has 1 aliphatic heterocycles. The molecule has 10 nitrogen and oxygen atoms in total. The number of ether oxygens (including phenoxy) is 2. The smallest absolute Gasteiger partial charge is 0.249 e. The molecule has 336 valence electrons. The maximum Gasteiger partial charge on any atom is 0.249 e. The van der Waals surface area contributed by atoms with E-state index in [2.05, 4.69) is 32.2 Å². The summed E-state index contributed by atoms with van der Waals surface area (Å²) in [5.74, 6) is 0.115. The Morgan fingerprint density at radius 1 is 0.632 bits per heavy atom. The van der Waals surface area contributed by atoms with Crippen LogP contribution in [-0.2, 0) is 14.3 Å². The van der Waals surface area contributed by atoms with Gasteiger partial charge in [-0.05, 0) is 44.4 Å². The van der Waals surface area contributed by atoms with Crippen molar-refractivity contribution in [1.29, 1.82) is 0 Å². The fourth-order valence-electron chi connectivity index (χ4n) is 7.41. The molecule has 0 aromatic rings. The zero-order valence-corrected chi connectivity index (χ0v) is 36.6. The second-order valence-electron chi connectivity index (χ2n) is 17.2. The molecule has 0 aromatic carbocycles. The van der Waals surface area contributed by atoms with Crippen LogP contribution in [0.2, 0.25) is 0 Å². The third-order valence-corrected chi connectivity index (χ3v) is 11.3. The Morgan fingerprint density at radius 3 is 1.61 bits per heavy atom. The first-order valence-corrected chi connectivity index (χ1v) is 23.5. The molecule has 0 aromatic heterocycles. The predicted octanol–water partition coefficient (Wildman–Crippen LogP) is 8.72. The number of unbranched alkanes of at least 4 members (excludes halogenated alkanes) is 23. The molecule has 1 aliphatic rings. The van der Waals surface area contributed by atoms with Crippen molar-refractivity contribution in [2.75, 3.05) is 13.2 Å². The molecule has 8 atom stereocenters. The summed E-state index contributed by atoms with van der Waals surface area (Å²) in [6, 6.07) is -0.993. The number of aliphatic hydroxyl groups excluding tert-OH is 6. The predicted molar refractivity (Wildman–Crippen MR) is 232 cm³/mol. The van der Waals surface area contributed by atoms with Gasteiger partial charge in [0, 0.05) is 0 Å². The number of hydrogen-bond acceptors (Lipinski definition) is 9. The molecule has 1 heterocycles. The summed E-state index contributed by atoms with van der Waals surface area (Å²) in [4.78, 5) is 13.0. The number of hydrogen-bond donors (Lipinski definition) is 7. The van der Waals surface area contributed by atoms with Crippen LogP contribution in [0.4, 0.5) is 0 Å². The highest BCUT2D eigenvalue weighted by atomic mass is 16.7. The van der Waals surface area contributed by atoms with Crippen molar-refractivity contribution < 1.29 is 44.9 Å². The number of amides is 1. The minimum atomic E-state index is -1.61. The van der Waals surface area contributed by atoms with Crippen molar-refractivity contribution in [3.8, 4) is 0 Å². The van der Waals surface area contributed by atoms with E-state index in [0.29, 0.717) is 6.42 Å². The molecule has 0 radical (unpaired) electrons.